The van der Waals surface area contributed by atoms with Crippen LogP contribution in [0.2, 0.25) is 0 Å². The van der Waals surface area contributed by atoms with E-state index < -0.39 is 28.8 Å². The Morgan fingerprint density at radius 2 is 1.65 bits per heavy atom. The monoisotopic (exact) mass is 442 g/mol. The maximum Gasteiger partial charge on any atom is 0.147 e. The highest BCUT2D eigenvalue weighted by atomic mass is 16.7. The molecule has 2 aliphatic rings. The molecule has 31 heavy (non-hydrogen) atoms. The first-order valence-electron chi connectivity index (χ1n) is 11.8. The van der Waals surface area contributed by atoms with Gasteiger partial charge in [-0.05, 0) is 51.4 Å². The van der Waals surface area contributed by atoms with Crippen molar-refractivity contribution in [3.05, 3.63) is 0 Å². The highest BCUT2D eigenvalue weighted by Crippen LogP contribution is 2.64. The molecule has 0 radical (unpaired) electrons. The summed E-state index contributed by atoms with van der Waals surface area (Å²) in [6, 6.07) is 0. The molecule has 2 fully saturated rings. The van der Waals surface area contributed by atoms with E-state index in [9.17, 15) is 10.2 Å². The molecule has 7 heteroatoms. The maximum atomic E-state index is 12.0. The van der Waals surface area contributed by atoms with E-state index in [-0.39, 0.29) is 19.5 Å². The first-order chi connectivity index (χ1) is 14.8. The lowest BCUT2D eigenvalue weighted by molar-refractivity contribution is -0.424. The van der Waals surface area contributed by atoms with Crippen LogP contribution >= 0.6 is 0 Å². The van der Waals surface area contributed by atoms with Crippen molar-refractivity contribution in [2.24, 2.45) is 11.8 Å². The topological polar surface area (TPSA) is 86.6 Å². The summed E-state index contributed by atoms with van der Waals surface area (Å²) in [4.78, 5) is 0. The van der Waals surface area contributed by atoms with Crippen LogP contribution in [0.15, 0.2) is 0 Å². The van der Waals surface area contributed by atoms with Gasteiger partial charge >= 0.3 is 0 Å². The molecule has 2 aliphatic carbocycles. The second kappa shape index (κ2) is 11.8. The first kappa shape index (κ1) is 26.4. The minimum atomic E-state index is -1.51. The summed E-state index contributed by atoms with van der Waals surface area (Å²) >= 11 is 0. The van der Waals surface area contributed by atoms with Crippen LogP contribution in [0.1, 0.15) is 73.1 Å². The zero-order valence-corrected chi connectivity index (χ0v) is 19.9. The van der Waals surface area contributed by atoms with Crippen molar-refractivity contribution < 1.29 is 33.9 Å². The molecule has 6 atom stereocenters. The van der Waals surface area contributed by atoms with E-state index in [2.05, 4.69) is 25.9 Å². The second-order valence-corrected chi connectivity index (χ2v) is 8.92. The number of hydrogen-bond donors (Lipinski definition) is 2. The molecule has 2 N–H and O–H groups in total. The Balaban J connectivity index is 2.25. The molecule has 0 amide bonds. The van der Waals surface area contributed by atoms with Crippen molar-refractivity contribution in [2.45, 2.75) is 96.1 Å². The molecular weight excluding hydrogens is 400 g/mol. The summed E-state index contributed by atoms with van der Waals surface area (Å²) < 4.78 is 28.6. The van der Waals surface area contributed by atoms with Gasteiger partial charge in [0, 0.05) is 13.2 Å². The van der Waals surface area contributed by atoms with Gasteiger partial charge < -0.3 is 33.9 Å². The molecule has 0 saturated heterocycles. The molecule has 2 rings (SSSR count). The zero-order valence-electron chi connectivity index (χ0n) is 19.9. The molecule has 0 bridgehead atoms. The van der Waals surface area contributed by atoms with Gasteiger partial charge in [0.1, 0.15) is 36.5 Å². The summed E-state index contributed by atoms with van der Waals surface area (Å²) in [5.74, 6) is 2.19. The van der Waals surface area contributed by atoms with Crippen LogP contribution in [0.25, 0.3) is 0 Å². The van der Waals surface area contributed by atoms with Gasteiger partial charge in [0.05, 0.1) is 18.6 Å². The average Bonchev–Trinajstić information content (AvgIpc) is 2.74. The molecule has 0 spiro atoms. The molecular formula is C24H42O7. The largest absolute Gasteiger partial charge is 0.447 e. The maximum absolute atomic E-state index is 12.0. The smallest absolute Gasteiger partial charge is 0.147 e. The van der Waals surface area contributed by atoms with E-state index >= 15 is 0 Å². The summed E-state index contributed by atoms with van der Waals surface area (Å²) in [6.07, 6.45) is 7.19. The van der Waals surface area contributed by atoms with Crippen LogP contribution in [-0.2, 0) is 23.7 Å². The van der Waals surface area contributed by atoms with Crippen molar-refractivity contribution >= 4 is 0 Å². The molecule has 0 aliphatic heterocycles. The van der Waals surface area contributed by atoms with Crippen LogP contribution in [0.5, 0.6) is 0 Å². The Bertz CT molecular complexity index is 598. The second-order valence-electron chi connectivity index (χ2n) is 8.92. The molecule has 0 heterocycles. The van der Waals surface area contributed by atoms with Crippen LogP contribution < -0.4 is 0 Å². The average molecular weight is 443 g/mol. The highest BCUT2D eigenvalue weighted by molar-refractivity contribution is 5.38. The molecule has 6 unspecified atom stereocenters. The number of hydrogen-bond acceptors (Lipinski definition) is 7. The van der Waals surface area contributed by atoms with Crippen LogP contribution in [0.3, 0.4) is 0 Å². The molecule has 7 nitrogen and oxygen atoms in total. The van der Waals surface area contributed by atoms with E-state index in [1.807, 2.05) is 13.8 Å². The predicted octanol–water partition coefficient (Wildman–Crippen LogP) is 3.21. The fourth-order valence-electron chi connectivity index (χ4n) is 5.01. The quantitative estimate of drug-likeness (QED) is 0.257. The van der Waals surface area contributed by atoms with Gasteiger partial charge in [0.15, 0.2) is 0 Å². The Hall–Kier alpha value is -0.880. The van der Waals surface area contributed by atoms with E-state index in [1.165, 1.54) is 0 Å². The summed E-state index contributed by atoms with van der Waals surface area (Å²) in [5, 5.41) is 23.5. The summed E-state index contributed by atoms with van der Waals surface area (Å²) in [5.41, 5.74) is -4.14. The number of fused-ring (bicyclic) bond motifs is 1. The van der Waals surface area contributed by atoms with Crippen molar-refractivity contribution in [3.63, 3.8) is 0 Å². The number of unbranched alkanes of at least 4 members (excludes halogenated alkanes) is 2. The van der Waals surface area contributed by atoms with Gasteiger partial charge in [0.25, 0.3) is 0 Å². The third-order valence-electron chi connectivity index (χ3n) is 6.79. The molecule has 0 aromatic heterocycles. The van der Waals surface area contributed by atoms with Gasteiger partial charge in [-0.3, -0.25) is 0 Å². The van der Waals surface area contributed by atoms with E-state index in [0.29, 0.717) is 26.2 Å². The van der Waals surface area contributed by atoms with Crippen molar-refractivity contribution in [1.29, 1.82) is 0 Å². The molecule has 0 aromatic carbocycles. The lowest BCUT2D eigenvalue weighted by atomic mass is 9.41. The van der Waals surface area contributed by atoms with Gasteiger partial charge in [-0.15, -0.1) is 0 Å². The van der Waals surface area contributed by atoms with Crippen molar-refractivity contribution in [1.82, 2.24) is 0 Å². The standard InChI is InChI=1S/C24H42O7/c1-6-9-14-28-17-30-21-19(4)11-13-23(31-18-29-15-10-7-2)22(5,25)20(24(21,23)26)12-16-27-8-3/h19-21,25-26H,6-11,13-15,17-18H2,1-5H3. The minimum absolute atomic E-state index is 0.00182. The molecule has 2 saturated carbocycles. The number of ether oxygens (including phenoxy) is 5. The Morgan fingerprint density at radius 1 is 1.00 bits per heavy atom. The Morgan fingerprint density at radius 3 is 2.26 bits per heavy atom. The lowest BCUT2D eigenvalue weighted by Gasteiger charge is -2.72. The fourth-order valence-corrected chi connectivity index (χ4v) is 5.01. The predicted molar refractivity (Wildman–Crippen MR) is 117 cm³/mol. The van der Waals surface area contributed by atoms with E-state index in [1.54, 1.807) is 6.92 Å². The normalized spacial score (nSPS) is 36.8. The summed E-state index contributed by atoms with van der Waals surface area (Å²) in [6.45, 7) is 11.4. The number of aliphatic hydroxyl groups is 2. The van der Waals surface area contributed by atoms with E-state index in [0.717, 1.165) is 32.1 Å². The molecule has 0 aromatic rings. The van der Waals surface area contributed by atoms with Gasteiger partial charge in [-0.25, -0.2) is 0 Å². The van der Waals surface area contributed by atoms with Crippen LogP contribution in [0.4, 0.5) is 0 Å². The van der Waals surface area contributed by atoms with Crippen LogP contribution in [0, 0.1) is 23.9 Å². The lowest BCUT2D eigenvalue weighted by Crippen LogP contribution is -2.90. The number of rotatable bonds is 13. The van der Waals surface area contributed by atoms with Gasteiger partial charge in [0.2, 0.25) is 0 Å². The zero-order chi connectivity index (χ0) is 23.0. The van der Waals surface area contributed by atoms with Crippen molar-refractivity contribution in [3.8, 4) is 12.0 Å². The SMILES string of the molecule is CCCCOCOC1C(C)CCC2(OCOCCCC)C(C)(O)C(C#COCC)C12O. The minimum Gasteiger partial charge on any atom is -0.447 e. The fraction of sp³-hybridized carbons (Fsp3) is 0.917. The van der Waals surface area contributed by atoms with E-state index in [4.69, 9.17) is 23.7 Å². The van der Waals surface area contributed by atoms with Crippen LogP contribution in [-0.4, -0.2) is 66.5 Å². The van der Waals surface area contributed by atoms with Crippen molar-refractivity contribution in [2.75, 3.05) is 33.4 Å². The third kappa shape index (κ3) is 5.05. The molecule has 180 valence electrons. The summed E-state index contributed by atoms with van der Waals surface area (Å²) in [7, 11) is 0. The van der Waals surface area contributed by atoms with Gasteiger partial charge in [-0.2, -0.15) is 0 Å². The Kier molecular flexibility index (Phi) is 10.1. The highest BCUT2D eigenvalue weighted by Gasteiger charge is 2.83. The third-order valence-corrected chi connectivity index (χ3v) is 6.79. The van der Waals surface area contributed by atoms with Gasteiger partial charge in [-0.1, -0.05) is 33.6 Å². The first-order valence-corrected chi connectivity index (χ1v) is 11.8. The Labute approximate surface area is 187 Å².